The molecular formula is C13H18FN3O2. The molecule has 19 heavy (non-hydrogen) atoms. The Morgan fingerprint density at radius 2 is 2.32 bits per heavy atom. The van der Waals surface area contributed by atoms with Gasteiger partial charge in [0.15, 0.2) is 0 Å². The molecule has 1 amide bonds. The Hall–Kier alpha value is -1.69. The summed E-state index contributed by atoms with van der Waals surface area (Å²) in [6, 6.07) is 1.16. The Balaban J connectivity index is 2.13. The first kappa shape index (κ1) is 13.7. The van der Waals surface area contributed by atoms with E-state index < -0.39 is 5.82 Å². The summed E-state index contributed by atoms with van der Waals surface area (Å²) in [7, 11) is 3.28. The highest BCUT2D eigenvalue weighted by molar-refractivity contribution is 5.98. The fraction of sp³-hybridized carbons (Fsp3) is 0.538. The lowest BCUT2D eigenvalue weighted by atomic mass is 10.1. The van der Waals surface area contributed by atoms with E-state index in [0.29, 0.717) is 5.82 Å². The second-order valence-corrected chi connectivity index (χ2v) is 4.58. The summed E-state index contributed by atoms with van der Waals surface area (Å²) in [5, 5.41) is 5.67. The highest BCUT2D eigenvalue weighted by atomic mass is 19.1. The number of rotatable bonds is 4. The lowest BCUT2D eigenvalue weighted by Crippen LogP contribution is -2.41. The third kappa shape index (κ3) is 3.01. The van der Waals surface area contributed by atoms with Crippen molar-refractivity contribution in [2.75, 3.05) is 19.5 Å². The Morgan fingerprint density at radius 3 is 3.00 bits per heavy atom. The van der Waals surface area contributed by atoms with Crippen molar-refractivity contribution in [2.45, 2.75) is 31.4 Å². The van der Waals surface area contributed by atoms with Crippen molar-refractivity contribution < 1.29 is 13.9 Å². The van der Waals surface area contributed by atoms with Gasteiger partial charge in [0.25, 0.3) is 5.91 Å². The van der Waals surface area contributed by atoms with Gasteiger partial charge in [-0.25, -0.2) is 9.37 Å². The second kappa shape index (κ2) is 5.97. The van der Waals surface area contributed by atoms with Crippen LogP contribution in [0.15, 0.2) is 12.3 Å². The molecule has 1 aromatic rings. The number of amides is 1. The van der Waals surface area contributed by atoms with Crippen LogP contribution in [0, 0.1) is 5.82 Å². The number of aromatic nitrogens is 1. The highest BCUT2D eigenvalue weighted by Gasteiger charge is 2.29. The summed E-state index contributed by atoms with van der Waals surface area (Å²) in [6.45, 7) is 0. The van der Waals surface area contributed by atoms with Crippen molar-refractivity contribution in [3.8, 4) is 0 Å². The maximum atomic E-state index is 13.2. The smallest absolute Gasteiger partial charge is 0.255 e. The van der Waals surface area contributed by atoms with Gasteiger partial charge < -0.3 is 15.4 Å². The third-order valence-electron chi connectivity index (χ3n) is 3.41. The zero-order chi connectivity index (χ0) is 13.8. The summed E-state index contributed by atoms with van der Waals surface area (Å²) < 4.78 is 18.5. The Morgan fingerprint density at radius 1 is 1.53 bits per heavy atom. The van der Waals surface area contributed by atoms with Crippen LogP contribution in [0.5, 0.6) is 0 Å². The SMILES string of the molecule is CNc1ncc(F)cc1C(=O)NC1CCCC1OC. The Labute approximate surface area is 111 Å². The van der Waals surface area contributed by atoms with E-state index in [1.54, 1.807) is 14.2 Å². The van der Waals surface area contributed by atoms with Gasteiger partial charge >= 0.3 is 0 Å². The van der Waals surface area contributed by atoms with Gasteiger partial charge in [0.2, 0.25) is 0 Å². The number of carbonyl (C=O) groups excluding carboxylic acids is 1. The molecular weight excluding hydrogens is 249 g/mol. The van der Waals surface area contributed by atoms with Crippen molar-refractivity contribution in [1.29, 1.82) is 0 Å². The van der Waals surface area contributed by atoms with Gasteiger partial charge in [-0.2, -0.15) is 0 Å². The van der Waals surface area contributed by atoms with E-state index >= 15 is 0 Å². The fourth-order valence-electron chi connectivity index (χ4n) is 2.43. The van der Waals surface area contributed by atoms with Gasteiger partial charge in [0.1, 0.15) is 11.6 Å². The molecule has 0 aromatic carbocycles. The van der Waals surface area contributed by atoms with Crippen molar-refractivity contribution in [2.24, 2.45) is 0 Å². The number of hydrogen-bond donors (Lipinski definition) is 2. The molecule has 1 saturated carbocycles. The number of pyridine rings is 1. The summed E-state index contributed by atoms with van der Waals surface area (Å²) in [5.41, 5.74) is 0.212. The molecule has 1 aliphatic rings. The molecule has 0 aliphatic heterocycles. The summed E-state index contributed by atoms with van der Waals surface area (Å²) in [6.07, 6.45) is 3.94. The van der Waals surface area contributed by atoms with Crippen LogP contribution < -0.4 is 10.6 Å². The van der Waals surface area contributed by atoms with E-state index in [-0.39, 0.29) is 23.6 Å². The van der Waals surface area contributed by atoms with E-state index in [1.807, 2.05) is 0 Å². The maximum Gasteiger partial charge on any atom is 0.255 e. The van der Waals surface area contributed by atoms with Gasteiger partial charge in [-0.05, 0) is 25.3 Å². The van der Waals surface area contributed by atoms with Crippen LogP contribution in [0.2, 0.25) is 0 Å². The van der Waals surface area contributed by atoms with Gasteiger partial charge in [-0.15, -0.1) is 0 Å². The molecule has 104 valence electrons. The quantitative estimate of drug-likeness (QED) is 0.869. The van der Waals surface area contributed by atoms with Gasteiger partial charge in [-0.1, -0.05) is 0 Å². The number of methoxy groups -OCH3 is 1. The summed E-state index contributed by atoms with van der Waals surface area (Å²) in [4.78, 5) is 16.0. The molecule has 6 heteroatoms. The van der Waals surface area contributed by atoms with Crippen molar-refractivity contribution >= 4 is 11.7 Å². The lowest BCUT2D eigenvalue weighted by molar-refractivity contribution is 0.0722. The molecule has 2 rings (SSSR count). The van der Waals surface area contributed by atoms with Crippen LogP contribution in [-0.2, 0) is 4.74 Å². The molecule has 1 aromatic heterocycles. The number of carbonyl (C=O) groups is 1. The Bertz CT molecular complexity index is 467. The van der Waals surface area contributed by atoms with Crippen LogP contribution in [0.3, 0.4) is 0 Å². The van der Waals surface area contributed by atoms with E-state index in [4.69, 9.17) is 4.74 Å². The zero-order valence-electron chi connectivity index (χ0n) is 11.1. The number of hydrogen-bond acceptors (Lipinski definition) is 4. The van der Waals surface area contributed by atoms with Crippen LogP contribution in [0.25, 0.3) is 0 Å². The van der Waals surface area contributed by atoms with E-state index in [0.717, 1.165) is 25.5 Å². The molecule has 0 saturated heterocycles. The van der Waals surface area contributed by atoms with E-state index in [9.17, 15) is 9.18 Å². The summed E-state index contributed by atoms with van der Waals surface area (Å²) >= 11 is 0. The number of halogens is 1. The average molecular weight is 267 g/mol. The first-order valence-electron chi connectivity index (χ1n) is 6.32. The molecule has 0 spiro atoms. The predicted octanol–water partition coefficient (Wildman–Crippen LogP) is 1.56. The molecule has 1 fully saturated rings. The Kier molecular flexibility index (Phi) is 4.31. The van der Waals surface area contributed by atoms with Crippen molar-refractivity contribution in [3.63, 3.8) is 0 Å². The van der Waals surface area contributed by atoms with Gasteiger partial charge in [-0.3, -0.25) is 4.79 Å². The van der Waals surface area contributed by atoms with E-state index in [1.165, 1.54) is 6.07 Å². The van der Waals surface area contributed by atoms with Crippen LogP contribution >= 0.6 is 0 Å². The molecule has 0 radical (unpaired) electrons. The molecule has 2 atom stereocenters. The number of ether oxygens (including phenoxy) is 1. The minimum absolute atomic E-state index is 0.0227. The normalized spacial score (nSPS) is 22.3. The third-order valence-corrected chi connectivity index (χ3v) is 3.41. The predicted molar refractivity (Wildman–Crippen MR) is 69.6 cm³/mol. The average Bonchev–Trinajstić information content (AvgIpc) is 2.85. The van der Waals surface area contributed by atoms with Crippen molar-refractivity contribution in [3.05, 3.63) is 23.6 Å². The monoisotopic (exact) mass is 267 g/mol. The molecule has 2 unspecified atom stereocenters. The van der Waals surface area contributed by atoms with Gasteiger partial charge in [0.05, 0.1) is 23.9 Å². The molecule has 2 N–H and O–H groups in total. The van der Waals surface area contributed by atoms with Crippen LogP contribution in [0.4, 0.5) is 10.2 Å². The zero-order valence-corrected chi connectivity index (χ0v) is 11.1. The van der Waals surface area contributed by atoms with Crippen LogP contribution in [-0.4, -0.2) is 37.2 Å². The first-order valence-corrected chi connectivity index (χ1v) is 6.32. The largest absolute Gasteiger partial charge is 0.379 e. The molecule has 5 nitrogen and oxygen atoms in total. The maximum absolute atomic E-state index is 13.2. The van der Waals surface area contributed by atoms with E-state index in [2.05, 4.69) is 15.6 Å². The molecule has 0 bridgehead atoms. The number of nitrogens with zero attached hydrogens (tertiary/aromatic N) is 1. The minimum Gasteiger partial charge on any atom is -0.379 e. The van der Waals surface area contributed by atoms with Crippen molar-refractivity contribution in [1.82, 2.24) is 10.3 Å². The standard InChI is InChI=1S/C13H18FN3O2/c1-15-12-9(6-8(14)7-16-12)13(18)17-10-4-3-5-11(10)19-2/h6-7,10-11H,3-5H2,1-2H3,(H,15,16)(H,17,18). The van der Waals surface area contributed by atoms with Crippen LogP contribution in [0.1, 0.15) is 29.6 Å². The topological polar surface area (TPSA) is 63.2 Å². The minimum atomic E-state index is -0.529. The first-order chi connectivity index (χ1) is 9.15. The molecule has 1 aliphatic carbocycles. The number of anilines is 1. The summed E-state index contributed by atoms with van der Waals surface area (Å²) in [5.74, 6) is -0.491. The lowest BCUT2D eigenvalue weighted by Gasteiger charge is -2.20. The highest BCUT2D eigenvalue weighted by Crippen LogP contribution is 2.22. The number of nitrogens with one attached hydrogen (secondary N) is 2. The molecule has 1 heterocycles. The fourth-order valence-corrected chi connectivity index (χ4v) is 2.43. The second-order valence-electron chi connectivity index (χ2n) is 4.58. The van der Waals surface area contributed by atoms with Gasteiger partial charge in [0, 0.05) is 14.2 Å².